The summed E-state index contributed by atoms with van der Waals surface area (Å²) in [6.07, 6.45) is 2.47. The molecule has 2 N–H and O–H groups in total. The van der Waals surface area contributed by atoms with E-state index in [1.165, 1.54) is 12.1 Å². The van der Waals surface area contributed by atoms with Gasteiger partial charge in [0.05, 0.1) is 13.2 Å². The third-order valence-corrected chi connectivity index (χ3v) is 3.31. The van der Waals surface area contributed by atoms with Gasteiger partial charge in [-0.15, -0.1) is 0 Å². The highest BCUT2D eigenvalue weighted by atomic mass is 16.5. The highest BCUT2D eigenvalue weighted by molar-refractivity contribution is 5.90. The molecule has 0 bridgehead atoms. The molecule has 2 aromatic rings. The summed E-state index contributed by atoms with van der Waals surface area (Å²) >= 11 is 0. The van der Waals surface area contributed by atoms with Crippen molar-refractivity contribution >= 4 is 11.9 Å². The molecule has 1 heterocycles. The van der Waals surface area contributed by atoms with Gasteiger partial charge in [0.15, 0.2) is 11.4 Å². The van der Waals surface area contributed by atoms with Crippen LogP contribution < -0.4 is 9.47 Å². The van der Waals surface area contributed by atoms with E-state index in [1.807, 2.05) is 30.3 Å². The zero-order valence-corrected chi connectivity index (χ0v) is 13.6. The quantitative estimate of drug-likeness (QED) is 0.637. The number of hydrogen-bond donors (Lipinski definition) is 2. The number of ether oxygens (including phenoxy) is 2. The Bertz CT molecular complexity index is 685. The van der Waals surface area contributed by atoms with Crippen molar-refractivity contribution in [3.05, 3.63) is 53.9 Å². The molecule has 0 aliphatic carbocycles. The van der Waals surface area contributed by atoms with Crippen LogP contribution in [0, 0.1) is 0 Å². The normalized spacial score (nSPS) is 10.2. The number of pyridine rings is 1. The predicted molar refractivity (Wildman–Crippen MR) is 89.4 cm³/mol. The Morgan fingerprint density at radius 2 is 1.32 bits per heavy atom. The van der Waals surface area contributed by atoms with Crippen molar-refractivity contribution < 1.29 is 29.3 Å². The minimum absolute atomic E-state index is 0.185. The number of aromatic carboxylic acids is 2. The summed E-state index contributed by atoms with van der Waals surface area (Å²) in [6.45, 7) is 0.957. The van der Waals surface area contributed by atoms with E-state index in [-0.39, 0.29) is 17.1 Å². The number of benzene rings is 1. The van der Waals surface area contributed by atoms with E-state index in [9.17, 15) is 9.59 Å². The first-order valence-corrected chi connectivity index (χ1v) is 7.85. The number of unbranched alkanes of at least 4 members (excludes halogenated alkanes) is 2. The lowest BCUT2D eigenvalue weighted by molar-refractivity contribution is 0.0683. The summed E-state index contributed by atoms with van der Waals surface area (Å²) in [6, 6.07) is 12.0. The molecule has 0 aliphatic heterocycles. The standard InChI is InChI=1S/C18H19NO6/c20-17(21)15-11-14(12-16(19-15)18(22)23)25-10-6-2-5-9-24-13-7-3-1-4-8-13/h1,3-4,7-8,11-12H,2,5-6,9-10H2,(H,20,21)(H,22,23). The van der Waals surface area contributed by atoms with Gasteiger partial charge in [-0.25, -0.2) is 14.6 Å². The second-order valence-corrected chi connectivity index (χ2v) is 5.25. The van der Waals surface area contributed by atoms with Gasteiger partial charge in [0.25, 0.3) is 0 Å². The Labute approximate surface area is 144 Å². The second-order valence-electron chi connectivity index (χ2n) is 5.25. The number of rotatable bonds is 10. The average molecular weight is 345 g/mol. The van der Waals surface area contributed by atoms with E-state index in [0.717, 1.165) is 25.0 Å². The SMILES string of the molecule is O=C(O)c1cc(OCCCCCOc2ccccc2)cc(C(=O)O)n1. The van der Waals surface area contributed by atoms with E-state index in [0.29, 0.717) is 13.2 Å². The Morgan fingerprint density at radius 3 is 1.84 bits per heavy atom. The van der Waals surface area contributed by atoms with E-state index >= 15 is 0 Å². The largest absolute Gasteiger partial charge is 0.494 e. The van der Waals surface area contributed by atoms with Crippen molar-refractivity contribution in [1.29, 1.82) is 0 Å². The zero-order chi connectivity index (χ0) is 18.1. The molecule has 0 spiro atoms. The molecular weight excluding hydrogens is 326 g/mol. The number of nitrogens with zero attached hydrogens (tertiary/aromatic N) is 1. The van der Waals surface area contributed by atoms with E-state index in [2.05, 4.69) is 4.98 Å². The summed E-state index contributed by atoms with van der Waals surface area (Å²) in [7, 11) is 0. The minimum Gasteiger partial charge on any atom is -0.494 e. The lowest BCUT2D eigenvalue weighted by Crippen LogP contribution is -2.09. The molecule has 0 aliphatic rings. The van der Waals surface area contributed by atoms with Gasteiger partial charge in [0.2, 0.25) is 0 Å². The molecule has 25 heavy (non-hydrogen) atoms. The maximum absolute atomic E-state index is 11.0. The molecular formula is C18H19NO6. The number of carboxylic acids is 2. The molecule has 7 nitrogen and oxygen atoms in total. The van der Waals surface area contributed by atoms with Gasteiger partial charge in [-0.2, -0.15) is 0 Å². The Kier molecular flexibility index (Phi) is 6.76. The molecule has 7 heteroatoms. The number of carbonyl (C=O) groups is 2. The van der Waals surface area contributed by atoms with Crippen molar-refractivity contribution in [2.75, 3.05) is 13.2 Å². The number of hydrogen-bond acceptors (Lipinski definition) is 5. The van der Waals surface area contributed by atoms with Gasteiger partial charge in [-0.1, -0.05) is 18.2 Å². The minimum atomic E-state index is -1.30. The van der Waals surface area contributed by atoms with Gasteiger partial charge in [0, 0.05) is 12.1 Å². The summed E-state index contributed by atoms with van der Waals surface area (Å²) < 4.78 is 11.0. The first kappa shape index (κ1) is 18.3. The third kappa shape index (κ3) is 6.14. The fourth-order valence-electron chi connectivity index (χ4n) is 2.09. The third-order valence-electron chi connectivity index (χ3n) is 3.31. The molecule has 0 radical (unpaired) electrons. The summed E-state index contributed by atoms with van der Waals surface area (Å²) in [5, 5.41) is 17.9. The summed E-state index contributed by atoms with van der Waals surface area (Å²) in [4.78, 5) is 25.5. The van der Waals surface area contributed by atoms with Crippen molar-refractivity contribution in [1.82, 2.24) is 4.98 Å². The highest BCUT2D eigenvalue weighted by Gasteiger charge is 2.13. The van der Waals surface area contributed by atoms with Crippen LogP contribution in [0.3, 0.4) is 0 Å². The van der Waals surface area contributed by atoms with Gasteiger partial charge in [-0.3, -0.25) is 0 Å². The monoisotopic (exact) mass is 345 g/mol. The van der Waals surface area contributed by atoms with Crippen molar-refractivity contribution in [2.24, 2.45) is 0 Å². The van der Waals surface area contributed by atoms with E-state index in [1.54, 1.807) is 0 Å². The molecule has 0 fully saturated rings. The van der Waals surface area contributed by atoms with Gasteiger partial charge >= 0.3 is 11.9 Å². The van der Waals surface area contributed by atoms with Crippen LogP contribution >= 0.6 is 0 Å². The first-order valence-electron chi connectivity index (χ1n) is 7.85. The van der Waals surface area contributed by atoms with Crippen LogP contribution in [0.4, 0.5) is 0 Å². The fourth-order valence-corrected chi connectivity index (χ4v) is 2.09. The number of aromatic nitrogens is 1. The second kappa shape index (κ2) is 9.27. The van der Waals surface area contributed by atoms with Crippen molar-refractivity contribution in [2.45, 2.75) is 19.3 Å². The van der Waals surface area contributed by atoms with Crippen molar-refractivity contribution in [3.63, 3.8) is 0 Å². The lowest BCUT2D eigenvalue weighted by atomic mass is 10.2. The molecule has 0 unspecified atom stereocenters. The Balaban J connectivity index is 1.72. The van der Waals surface area contributed by atoms with Crippen LogP contribution in [-0.4, -0.2) is 40.3 Å². The first-order chi connectivity index (χ1) is 12.1. The van der Waals surface area contributed by atoms with Gasteiger partial charge in [-0.05, 0) is 31.4 Å². The van der Waals surface area contributed by atoms with Gasteiger partial charge in [0.1, 0.15) is 11.5 Å². The topological polar surface area (TPSA) is 106 Å². The van der Waals surface area contributed by atoms with E-state index < -0.39 is 11.9 Å². The Morgan fingerprint density at radius 1 is 0.800 bits per heavy atom. The van der Waals surface area contributed by atoms with Gasteiger partial charge < -0.3 is 19.7 Å². The molecule has 0 atom stereocenters. The predicted octanol–water partition coefficient (Wildman–Crippen LogP) is 3.11. The maximum atomic E-state index is 11.0. The lowest BCUT2D eigenvalue weighted by Gasteiger charge is -2.08. The van der Waals surface area contributed by atoms with Crippen LogP contribution in [0.1, 0.15) is 40.2 Å². The zero-order valence-electron chi connectivity index (χ0n) is 13.6. The van der Waals surface area contributed by atoms with E-state index in [4.69, 9.17) is 19.7 Å². The number of para-hydroxylation sites is 1. The Hall–Kier alpha value is -3.09. The van der Waals surface area contributed by atoms with Crippen LogP contribution in [-0.2, 0) is 0 Å². The summed E-state index contributed by atoms with van der Waals surface area (Å²) in [5.41, 5.74) is -0.711. The molecule has 0 amide bonds. The molecule has 132 valence electrons. The molecule has 0 saturated carbocycles. The van der Waals surface area contributed by atoms with Crippen LogP contribution in [0.5, 0.6) is 11.5 Å². The maximum Gasteiger partial charge on any atom is 0.354 e. The van der Waals surface area contributed by atoms with Crippen molar-refractivity contribution in [3.8, 4) is 11.5 Å². The molecule has 1 aromatic carbocycles. The smallest absolute Gasteiger partial charge is 0.354 e. The average Bonchev–Trinajstić information content (AvgIpc) is 2.61. The molecule has 1 aromatic heterocycles. The number of carboxylic acid groups (broad SMARTS) is 2. The van der Waals surface area contributed by atoms with Crippen LogP contribution in [0.25, 0.3) is 0 Å². The fraction of sp³-hybridized carbons (Fsp3) is 0.278. The molecule has 0 saturated heterocycles. The van der Waals surface area contributed by atoms with Crippen LogP contribution in [0.15, 0.2) is 42.5 Å². The summed E-state index contributed by atoms with van der Waals surface area (Å²) in [5.74, 6) is -1.58. The highest BCUT2D eigenvalue weighted by Crippen LogP contribution is 2.16. The molecule has 2 rings (SSSR count). The van der Waals surface area contributed by atoms with Crippen LogP contribution in [0.2, 0.25) is 0 Å².